The van der Waals surface area contributed by atoms with E-state index in [1.54, 1.807) is 0 Å². The van der Waals surface area contributed by atoms with Crippen LogP contribution >= 0.6 is 0 Å². The smallest absolute Gasteiger partial charge is 0.402 e. The Kier molecular flexibility index (Phi) is 3.76. The van der Waals surface area contributed by atoms with Crippen LogP contribution in [-0.2, 0) is 0 Å². The third-order valence-electron chi connectivity index (χ3n) is 0.283. The molecule has 0 fully saturated rings. The van der Waals surface area contributed by atoms with Crippen molar-refractivity contribution in [1.82, 2.24) is 10.1 Å². The maximum atomic E-state index is 8.78. The number of carboxylic acid groups (broad SMARTS) is 1. The molecule has 9 heavy (non-hydrogen) atoms. The average Bonchev–Trinajstić information content (AvgIpc) is 2.11. The topological polar surface area (TPSA) is 102 Å². The highest BCUT2D eigenvalue weighted by molar-refractivity contribution is 5.61. The molecular formula is C3H5N3O3. The van der Waals surface area contributed by atoms with E-state index in [-0.39, 0.29) is 0 Å². The largest absolute Gasteiger partial charge is 0.465 e. The molecular weight excluding hydrogens is 126 g/mol. The number of nitrogens with zero attached hydrogens (tertiary/aromatic N) is 2. The van der Waals surface area contributed by atoms with Crippen molar-refractivity contribution in [2.75, 3.05) is 0 Å². The van der Waals surface area contributed by atoms with Crippen molar-refractivity contribution >= 4 is 6.09 Å². The van der Waals surface area contributed by atoms with Gasteiger partial charge in [-0.3, -0.25) is 0 Å². The van der Waals surface area contributed by atoms with E-state index >= 15 is 0 Å². The summed E-state index contributed by atoms with van der Waals surface area (Å²) in [4.78, 5) is 12.2. The maximum absolute atomic E-state index is 8.78. The first-order valence-corrected chi connectivity index (χ1v) is 1.91. The molecule has 50 valence electrons. The van der Waals surface area contributed by atoms with E-state index in [9.17, 15) is 0 Å². The summed E-state index contributed by atoms with van der Waals surface area (Å²) in [5.74, 6) is 0. The molecule has 0 radical (unpaired) electrons. The molecule has 0 aliphatic rings. The Morgan fingerprint density at radius 3 is 2.44 bits per heavy atom. The summed E-state index contributed by atoms with van der Waals surface area (Å²) in [6.45, 7) is 0. The fraction of sp³-hybridized carbons (Fsp3) is 0. The molecule has 0 aliphatic carbocycles. The van der Waals surface area contributed by atoms with E-state index < -0.39 is 6.09 Å². The Balaban J connectivity index is 0.000000148. The fourth-order valence-corrected chi connectivity index (χ4v) is 0.136. The zero-order valence-electron chi connectivity index (χ0n) is 4.39. The van der Waals surface area contributed by atoms with Gasteiger partial charge in [0.1, 0.15) is 0 Å². The first-order chi connectivity index (χ1) is 4.23. The number of nitrogens with two attached hydrogens (primary N) is 1. The molecule has 1 aromatic rings. The summed E-state index contributed by atoms with van der Waals surface area (Å²) in [5.41, 5.74) is 4.03. The summed E-state index contributed by atoms with van der Waals surface area (Å²) < 4.78 is 4.22. The van der Waals surface area contributed by atoms with Gasteiger partial charge < -0.3 is 15.4 Å². The molecule has 0 bridgehead atoms. The molecule has 0 aromatic carbocycles. The summed E-state index contributed by atoms with van der Waals surface area (Å²) in [5, 5.41) is 10.4. The molecule has 3 N–H and O–H groups in total. The van der Waals surface area contributed by atoms with Crippen molar-refractivity contribution < 1.29 is 14.4 Å². The van der Waals surface area contributed by atoms with Crippen molar-refractivity contribution in [3.8, 4) is 0 Å². The Bertz CT molecular complexity index is 128. The van der Waals surface area contributed by atoms with E-state index in [2.05, 4.69) is 20.4 Å². The van der Waals surface area contributed by atoms with Crippen molar-refractivity contribution in [2.45, 2.75) is 0 Å². The lowest BCUT2D eigenvalue weighted by atomic mass is 11.3. The highest BCUT2D eigenvalue weighted by atomic mass is 16.5. The molecule has 1 amide bonds. The van der Waals surface area contributed by atoms with Crippen LogP contribution in [0.4, 0.5) is 4.79 Å². The predicted molar refractivity (Wildman–Crippen MR) is 26.5 cm³/mol. The van der Waals surface area contributed by atoms with Crippen LogP contribution in [0.2, 0.25) is 0 Å². The minimum absolute atomic E-state index is 1.26. The third kappa shape index (κ3) is 10.7. The van der Waals surface area contributed by atoms with Gasteiger partial charge in [-0.05, 0) is 0 Å². The minimum atomic E-state index is -1.33. The number of carbonyl (C=O) groups is 1. The van der Waals surface area contributed by atoms with Crippen LogP contribution in [-0.4, -0.2) is 21.3 Å². The van der Waals surface area contributed by atoms with Crippen molar-refractivity contribution in [2.24, 2.45) is 5.73 Å². The van der Waals surface area contributed by atoms with Gasteiger partial charge in [-0.25, -0.2) is 9.78 Å². The third-order valence-corrected chi connectivity index (χ3v) is 0.283. The molecule has 1 aromatic heterocycles. The quantitative estimate of drug-likeness (QED) is 0.502. The van der Waals surface area contributed by atoms with Crippen molar-refractivity contribution in [3.63, 3.8) is 0 Å². The lowest BCUT2D eigenvalue weighted by molar-refractivity contribution is 0.205. The molecule has 1 rings (SSSR count). The highest BCUT2D eigenvalue weighted by Gasteiger charge is 1.65. The molecule has 0 saturated carbocycles. The van der Waals surface area contributed by atoms with Gasteiger partial charge >= 0.3 is 6.09 Å². The van der Waals surface area contributed by atoms with Gasteiger partial charge in [0.15, 0.2) is 6.33 Å². The summed E-state index contributed by atoms with van der Waals surface area (Å²) in [7, 11) is 0. The van der Waals surface area contributed by atoms with Gasteiger partial charge in [0.25, 0.3) is 0 Å². The van der Waals surface area contributed by atoms with Crippen LogP contribution in [0.15, 0.2) is 17.2 Å². The number of hydrogen-bond acceptors (Lipinski definition) is 4. The summed E-state index contributed by atoms with van der Waals surface area (Å²) in [6.07, 6.45) is 1.26. The zero-order chi connectivity index (χ0) is 7.11. The SMILES string of the molecule is NC(=O)O.c1ncon1. The summed E-state index contributed by atoms with van der Waals surface area (Å²) >= 11 is 0. The Hall–Kier alpha value is -1.59. The number of primary amides is 1. The number of amides is 1. The lowest BCUT2D eigenvalue weighted by Gasteiger charge is -1.61. The van der Waals surface area contributed by atoms with Crippen LogP contribution in [0, 0.1) is 0 Å². The van der Waals surface area contributed by atoms with E-state index in [0.717, 1.165) is 0 Å². The van der Waals surface area contributed by atoms with E-state index in [0.29, 0.717) is 0 Å². The Morgan fingerprint density at radius 2 is 2.33 bits per heavy atom. The van der Waals surface area contributed by atoms with Crippen LogP contribution in [0.1, 0.15) is 0 Å². The summed E-state index contributed by atoms with van der Waals surface area (Å²) in [6, 6.07) is 0. The second-order valence-corrected chi connectivity index (χ2v) is 0.919. The van der Waals surface area contributed by atoms with Gasteiger partial charge in [-0.2, -0.15) is 0 Å². The van der Waals surface area contributed by atoms with E-state index in [4.69, 9.17) is 9.90 Å². The molecule has 0 atom stereocenters. The second-order valence-electron chi connectivity index (χ2n) is 0.919. The zero-order valence-corrected chi connectivity index (χ0v) is 4.39. The van der Waals surface area contributed by atoms with Crippen molar-refractivity contribution in [1.29, 1.82) is 0 Å². The second kappa shape index (κ2) is 4.57. The minimum Gasteiger partial charge on any atom is -0.465 e. The van der Waals surface area contributed by atoms with Crippen molar-refractivity contribution in [3.05, 3.63) is 12.7 Å². The maximum Gasteiger partial charge on any atom is 0.402 e. The molecule has 0 saturated heterocycles. The van der Waals surface area contributed by atoms with Gasteiger partial charge in [-0.1, -0.05) is 5.16 Å². The van der Waals surface area contributed by atoms with Crippen LogP contribution in [0.5, 0.6) is 0 Å². The monoisotopic (exact) mass is 131 g/mol. The standard InChI is InChI=1S/C2H2N2O.CH3NO2/c1-3-2-5-4-1;2-1(3)4/h1-2H;2H2,(H,3,4). The predicted octanol–water partition coefficient (Wildman–Crippen LogP) is -0.307. The van der Waals surface area contributed by atoms with Gasteiger partial charge in [0, 0.05) is 0 Å². The molecule has 6 heteroatoms. The van der Waals surface area contributed by atoms with Crippen LogP contribution in [0.3, 0.4) is 0 Å². The normalized spacial score (nSPS) is 7.11. The Morgan fingerprint density at radius 1 is 1.78 bits per heavy atom. The molecule has 1 heterocycles. The lowest BCUT2D eigenvalue weighted by Crippen LogP contribution is -2.03. The highest BCUT2D eigenvalue weighted by Crippen LogP contribution is 1.62. The number of rotatable bonds is 0. The molecule has 6 nitrogen and oxygen atoms in total. The van der Waals surface area contributed by atoms with E-state index in [1.807, 2.05) is 0 Å². The van der Waals surface area contributed by atoms with Gasteiger partial charge in [-0.15, -0.1) is 0 Å². The first kappa shape index (κ1) is 7.41. The Labute approximate surface area is 50.3 Å². The first-order valence-electron chi connectivity index (χ1n) is 1.91. The number of aromatic nitrogens is 2. The fourth-order valence-electron chi connectivity index (χ4n) is 0.136. The van der Waals surface area contributed by atoms with Gasteiger partial charge in [0.2, 0.25) is 6.39 Å². The molecule has 0 unspecified atom stereocenters. The van der Waals surface area contributed by atoms with Crippen LogP contribution in [0.25, 0.3) is 0 Å². The van der Waals surface area contributed by atoms with Gasteiger partial charge in [0.05, 0.1) is 0 Å². The molecule has 0 aliphatic heterocycles. The average molecular weight is 131 g/mol. The van der Waals surface area contributed by atoms with E-state index in [1.165, 1.54) is 12.7 Å². The van der Waals surface area contributed by atoms with Crippen LogP contribution < -0.4 is 5.73 Å². The number of hydrogen-bond donors (Lipinski definition) is 2. The molecule has 0 spiro atoms.